The minimum absolute atomic E-state index is 0.134. The Bertz CT molecular complexity index is 857. The molecule has 0 aromatic heterocycles. The van der Waals surface area contributed by atoms with E-state index in [2.05, 4.69) is 17.4 Å². The van der Waals surface area contributed by atoms with Gasteiger partial charge < -0.3 is 10.1 Å². The molecule has 3 aromatic carbocycles. The molecular formula is C23H23NO2. The molecule has 1 atom stereocenters. The van der Waals surface area contributed by atoms with Gasteiger partial charge in [-0.3, -0.25) is 4.79 Å². The maximum Gasteiger partial charge on any atom is 0.265 e. The summed E-state index contributed by atoms with van der Waals surface area (Å²) in [5, 5.41) is 2.93. The maximum atomic E-state index is 12.5. The molecule has 1 amide bonds. The van der Waals surface area contributed by atoms with Crippen molar-refractivity contribution in [3.05, 3.63) is 84.4 Å². The first-order valence-corrected chi connectivity index (χ1v) is 8.85. The van der Waals surface area contributed by atoms with E-state index in [1.165, 1.54) is 0 Å². The van der Waals surface area contributed by atoms with Crippen molar-refractivity contribution in [2.75, 3.05) is 5.32 Å². The number of ether oxygens (including phenoxy) is 1. The molecule has 0 aliphatic heterocycles. The van der Waals surface area contributed by atoms with Crippen LogP contribution >= 0.6 is 0 Å². The van der Waals surface area contributed by atoms with Crippen LogP contribution in [0.5, 0.6) is 5.75 Å². The summed E-state index contributed by atoms with van der Waals surface area (Å²) in [6.07, 6.45) is 0.0658. The Morgan fingerprint density at radius 2 is 1.62 bits per heavy atom. The van der Waals surface area contributed by atoms with Gasteiger partial charge >= 0.3 is 0 Å². The van der Waals surface area contributed by atoms with E-state index in [0.29, 0.717) is 12.2 Å². The van der Waals surface area contributed by atoms with Gasteiger partial charge in [-0.2, -0.15) is 0 Å². The van der Waals surface area contributed by atoms with Crippen molar-refractivity contribution in [2.24, 2.45) is 0 Å². The molecule has 0 bridgehead atoms. The summed E-state index contributed by atoms with van der Waals surface area (Å²) in [5.74, 6) is 0.557. The minimum Gasteiger partial charge on any atom is -0.481 e. The molecule has 132 valence electrons. The second-order valence-electron chi connectivity index (χ2n) is 6.26. The van der Waals surface area contributed by atoms with Gasteiger partial charge in [0.15, 0.2) is 6.10 Å². The Balaban J connectivity index is 1.66. The lowest BCUT2D eigenvalue weighted by Gasteiger charge is -2.17. The van der Waals surface area contributed by atoms with E-state index in [0.717, 1.165) is 22.4 Å². The average molecular weight is 345 g/mol. The van der Waals surface area contributed by atoms with E-state index in [4.69, 9.17) is 4.74 Å². The molecule has 0 aliphatic carbocycles. The van der Waals surface area contributed by atoms with E-state index < -0.39 is 6.10 Å². The molecule has 0 saturated heterocycles. The van der Waals surface area contributed by atoms with Gasteiger partial charge in [-0.25, -0.2) is 0 Å². The number of anilines is 1. The van der Waals surface area contributed by atoms with Crippen molar-refractivity contribution in [3.63, 3.8) is 0 Å². The third-order valence-electron chi connectivity index (χ3n) is 4.19. The van der Waals surface area contributed by atoms with Crippen molar-refractivity contribution in [1.29, 1.82) is 0 Å². The molecule has 0 spiro atoms. The third-order valence-corrected chi connectivity index (χ3v) is 4.19. The van der Waals surface area contributed by atoms with Gasteiger partial charge in [0.05, 0.1) is 0 Å². The molecular weight excluding hydrogens is 322 g/mol. The van der Waals surface area contributed by atoms with Gasteiger partial charge in [0.25, 0.3) is 5.91 Å². The Kier molecular flexibility index (Phi) is 5.69. The van der Waals surface area contributed by atoms with Crippen LogP contribution in [-0.2, 0) is 4.79 Å². The Labute approximate surface area is 154 Å². The monoisotopic (exact) mass is 345 g/mol. The van der Waals surface area contributed by atoms with Crippen LogP contribution < -0.4 is 10.1 Å². The lowest BCUT2D eigenvalue weighted by molar-refractivity contribution is -0.122. The summed E-state index contributed by atoms with van der Waals surface area (Å²) in [5.41, 5.74) is 4.17. The first kappa shape index (κ1) is 17.7. The highest BCUT2D eigenvalue weighted by atomic mass is 16.5. The summed E-state index contributed by atoms with van der Waals surface area (Å²) in [7, 11) is 0. The van der Waals surface area contributed by atoms with E-state index in [1.807, 2.05) is 80.6 Å². The van der Waals surface area contributed by atoms with Crippen LogP contribution in [-0.4, -0.2) is 12.0 Å². The number of amides is 1. The predicted molar refractivity (Wildman–Crippen MR) is 106 cm³/mol. The highest BCUT2D eigenvalue weighted by Gasteiger charge is 2.18. The van der Waals surface area contributed by atoms with Gasteiger partial charge in [0, 0.05) is 5.69 Å². The number of hydrogen-bond acceptors (Lipinski definition) is 2. The van der Waals surface area contributed by atoms with E-state index >= 15 is 0 Å². The van der Waals surface area contributed by atoms with Crippen LogP contribution in [0.25, 0.3) is 11.1 Å². The highest BCUT2D eigenvalue weighted by Crippen LogP contribution is 2.23. The lowest BCUT2D eigenvalue weighted by Crippen LogP contribution is -2.32. The van der Waals surface area contributed by atoms with Crippen molar-refractivity contribution >= 4 is 11.6 Å². The molecule has 0 radical (unpaired) electrons. The van der Waals surface area contributed by atoms with Gasteiger partial charge in [-0.05, 0) is 54.3 Å². The van der Waals surface area contributed by atoms with Crippen molar-refractivity contribution in [2.45, 2.75) is 26.4 Å². The zero-order chi connectivity index (χ0) is 18.4. The molecule has 3 heteroatoms. The largest absolute Gasteiger partial charge is 0.481 e. The summed E-state index contributed by atoms with van der Waals surface area (Å²) in [6.45, 7) is 3.94. The zero-order valence-corrected chi connectivity index (χ0v) is 15.1. The fourth-order valence-corrected chi connectivity index (χ4v) is 2.79. The minimum atomic E-state index is -0.530. The molecule has 0 aliphatic rings. The van der Waals surface area contributed by atoms with Crippen molar-refractivity contribution in [1.82, 2.24) is 0 Å². The molecule has 1 unspecified atom stereocenters. The molecule has 0 heterocycles. The molecule has 3 aromatic rings. The van der Waals surface area contributed by atoms with Crippen LogP contribution in [0.1, 0.15) is 18.9 Å². The predicted octanol–water partition coefficient (Wildman–Crippen LogP) is 5.46. The Morgan fingerprint density at radius 3 is 2.27 bits per heavy atom. The first-order chi connectivity index (χ1) is 12.7. The van der Waals surface area contributed by atoms with Gasteiger partial charge in [0.1, 0.15) is 5.75 Å². The van der Waals surface area contributed by atoms with Crippen LogP contribution in [0.4, 0.5) is 5.69 Å². The number of carbonyl (C=O) groups excluding carboxylic acids is 1. The fraction of sp³-hybridized carbons (Fsp3) is 0.174. The Morgan fingerprint density at radius 1 is 0.923 bits per heavy atom. The number of nitrogens with one attached hydrogen (secondary N) is 1. The normalized spacial score (nSPS) is 11.6. The smallest absolute Gasteiger partial charge is 0.265 e. The topological polar surface area (TPSA) is 38.3 Å². The number of carbonyl (C=O) groups is 1. The van der Waals surface area contributed by atoms with Crippen LogP contribution in [0.15, 0.2) is 78.9 Å². The number of aryl methyl sites for hydroxylation is 1. The molecule has 3 nitrogen and oxygen atoms in total. The lowest BCUT2D eigenvalue weighted by atomic mass is 10.1. The summed E-state index contributed by atoms with van der Waals surface area (Å²) < 4.78 is 5.91. The summed E-state index contributed by atoms with van der Waals surface area (Å²) in [4.78, 5) is 12.5. The maximum absolute atomic E-state index is 12.5. The number of benzene rings is 3. The van der Waals surface area contributed by atoms with Crippen LogP contribution in [0, 0.1) is 6.92 Å². The highest BCUT2D eigenvalue weighted by molar-refractivity contribution is 5.94. The van der Waals surface area contributed by atoms with Crippen molar-refractivity contribution < 1.29 is 9.53 Å². The van der Waals surface area contributed by atoms with Crippen molar-refractivity contribution in [3.8, 4) is 16.9 Å². The SMILES string of the molecule is CCC(Oc1ccc(-c2ccccc2)cc1)C(=O)Nc1cccc(C)c1. The quantitative estimate of drug-likeness (QED) is 0.644. The summed E-state index contributed by atoms with van der Waals surface area (Å²) in [6, 6.07) is 25.8. The standard InChI is InChI=1S/C23H23NO2/c1-3-22(23(25)24-20-11-7-8-17(2)16-20)26-21-14-12-19(13-15-21)18-9-5-4-6-10-18/h4-16,22H,3H2,1-2H3,(H,24,25). The second kappa shape index (κ2) is 8.34. The molecule has 0 saturated carbocycles. The number of rotatable bonds is 6. The number of hydrogen-bond donors (Lipinski definition) is 1. The molecule has 26 heavy (non-hydrogen) atoms. The summed E-state index contributed by atoms with van der Waals surface area (Å²) >= 11 is 0. The van der Waals surface area contributed by atoms with E-state index in [9.17, 15) is 4.79 Å². The Hall–Kier alpha value is -3.07. The molecule has 1 N–H and O–H groups in total. The van der Waals surface area contributed by atoms with Gasteiger partial charge in [0.2, 0.25) is 0 Å². The molecule has 0 fully saturated rings. The van der Waals surface area contributed by atoms with Crippen LogP contribution in [0.3, 0.4) is 0 Å². The zero-order valence-electron chi connectivity index (χ0n) is 15.1. The van der Waals surface area contributed by atoms with Gasteiger partial charge in [-0.15, -0.1) is 0 Å². The van der Waals surface area contributed by atoms with Crippen LogP contribution in [0.2, 0.25) is 0 Å². The third kappa shape index (κ3) is 4.51. The van der Waals surface area contributed by atoms with Gasteiger partial charge in [-0.1, -0.05) is 61.5 Å². The second-order valence-corrected chi connectivity index (χ2v) is 6.26. The first-order valence-electron chi connectivity index (χ1n) is 8.85. The average Bonchev–Trinajstić information content (AvgIpc) is 2.67. The molecule has 3 rings (SSSR count). The van der Waals surface area contributed by atoms with E-state index in [-0.39, 0.29) is 5.91 Å². The fourth-order valence-electron chi connectivity index (χ4n) is 2.79. The van der Waals surface area contributed by atoms with E-state index in [1.54, 1.807) is 0 Å².